The Bertz CT molecular complexity index is 480. The van der Waals surface area contributed by atoms with Gasteiger partial charge in [-0.1, -0.05) is 0 Å². The highest BCUT2D eigenvalue weighted by molar-refractivity contribution is 5.99. The minimum absolute atomic E-state index is 0.0346. The van der Waals surface area contributed by atoms with E-state index in [1.54, 1.807) is 6.07 Å². The van der Waals surface area contributed by atoms with E-state index in [1.165, 1.54) is 18.5 Å². The predicted molar refractivity (Wildman–Crippen MR) is 57.7 cm³/mol. The fraction of sp³-hybridized carbons (Fsp3) is 0.273. The van der Waals surface area contributed by atoms with E-state index in [0.717, 1.165) is 12.0 Å². The summed E-state index contributed by atoms with van der Waals surface area (Å²) in [5.74, 6) is 0.0346. The number of carbonyl (C=O) groups is 1. The summed E-state index contributed by atoms with van der Waals surface area (Å²) in [7, 11) is 0. The summed E-state index contributed by atoms with van der Waals surface area (Å²) < 4.78 is 0. The highest BCUT2D eigenvalue weighted by atomic mass is 16.6. The Morgan fingerprint density at radius 2 is 2.19 bits per heavy atom. The van der Waals surface area contributed by atoms with Crippen LogP contribution in [0.2, 0.25) is 0 Å². The summed E-state index contributed by atoms with van der Waals surface area (Å²) in [5.41, 5.74) is 1.21. The van der Waals surface area contributed by atoms with Gasteiger partial charge in [-0.15, -0.1) is 0 Å². The van der Waals surface area contributed by atoms with Crippen molar-refractivity contribution in [2.75, 3.05) is 0 Å². The number of aromatic nitrogens is 1. The number of carbonyl (C=O) groups excluding carboxylic acids is 1. The van der Waals surface area contributed by atoms with Crippen molar-refractivity contribution in [1.29, 1.82) is 0 Å². The van der Waals surface area contributed by atoms with Gasteiger partial charge >= 0.3 is 0 Å². The third kappa shape index (κ3) is 1.98. The second-order valence-corrected chi connectivity index (χ2v) is 3.64. The van der Waals surface area contributed by atoms with E-state index < -0.39 is 4.92 Å². The van der Waals surface area contributed by atoms with Crippen molar-refractivity contribution < 1.29 is 9.72 Å². The third-order valence-electron chi connectivity index (χ3n) is 2.55. The summed E-state index contributed by atoms with van der Waals surface area (Å²) in [6.45, 7) is 0. The maximum absolute atomic E-state index is 11.3. The van der Waals surface area contributed by atoms with Crippen molar-refractivity contribution in [2.45, 2.75) is 19.3 Å². The van der Waals surface area contributed by atoms with Gasteiger partial charge in [0.2, 0.25) is 0 Å². The van der Waals surface area contributed by atoms with Gasteiger partial charge in [-0.25, -0.2) is 0 Å². The third-order valence-corrected chi connectivity index (χ3v) is 2.55. The Kier molecular flexibility index (Phi) is 2.76. The lowest BCUT2D eigenvalue weighted by Gasteiger charge is -2.11. The van der Waals surface area contributed by atoms with Crippen LogP contribution in [-0.4, -0.2) is 15.7 Å². The van der Waals surface area contributed by atoms with Crippen LogP contribution in [0.15, 0.2) is 24.5 Å². The molecular formula is C11H10N2O3. The van der Waals surface area contributed by atoms with Gasteiger partial charge in [-0.2, -0.15) is 0 Å². The van der Waals surface area contributed by atoms with E-state index in [9.17, 15) is 14.9 Å². The van der Waals surface area contributed by atoms with Gasteiger partial charge in [0.1, 0.15) is 6.20 Å². The van der Waals surface area contributed by atoms with Crippen LogP contribution in [-0.2, 0) is 4.79 Å². The molecule has 2 rings (SSSR count). The molecule has 0 bridgehead atoms. The Morgan fingerprint density at radius 3 is 2.88 bits per heavy atom. The molecule has 0 N–H and O–H groups in total. The summed E-state index contributed by atoms with van der Waals surface area (Å²) in [5, 5.41) is 10.8. The van der Waals surface area contributed by atoms with E-state index >= 15 is 0 Å². The standard InChI is InChI=1S/C11H10N2O3/c14-9-3-1-2-8(6-9)10-4-5-12-7-11(10)13(15)16/h4-7H,1-3H2. The number of hydrogen-bond acceptors (Lipinski definition) is 4. The Balaban J connectivity index is 2.47. The highest BCUT2D eigenvalue weighted by Gasteiger charge is 2.19. The quantitative estimate of drug-likeness (QED) is 0.563. The molecule has 1 aromatic rings. The SMILES string of the molecule is O=C1C=C(c2ccncc2[N+](=O)[O-])CCC1. The molecule has 5 nitrogen and oxygen atoms in total. The topological polar surface area (TPSA) is 73.1 Å². The number of allylic oxidation sites excluding steroid dienone is 2. The lowest BCUT2D eigenvalue weighted by atomic mass is 9.93. The van der Waals surface area contributed by atoms with Crippen LogP contribution >= 0.6 is 0 Å². The summed E-state index contributed by atoms with van der Waals surface area (Å²) in [4.78, 5) is 25.3. The van der Waals surface area contributed by atoms with E-state index in [2.05, 4.69) is 4.98 Å². The fourth-order valence-corrected chi connectivity index (χ4v) is 1.81. The molecule has 1 aliphatic rings. The molecule has 1 aromatic heterocycles. The summed E-state index contributed by atoms with van der Waals surface area (Å²) in [6.07, 6.45) is 6.21. The van der Waals surface area contributed by atoms with Crippen molar-refractivity contribution in [3.8, 4) is 0 Å². The van der Waals surface area contributed by atoms with Crippen LogP contribution in [0.5, 0.6) is 0 Å². The Hall–Kier alpha value is -2.04. The summed E-state index contributed by atoms with van der Waals surface area (Å²) in [6, 6.07) is 1.59. The molecule has 82 valence electrons. The number of rotatable bonds is 2. The Morgan fingerprint density at radius 1 is 1.38 bits per heavy atom. The van der Waals surface area contributed by atoms with Crippen LogP contribution in [0.1, 0.15) is 24.8 Å². The molecule has 0 spiro atoms. The molecule has 1 heterocycles. The molecule has 0 saturated heterocycles. The van der Waals surface area contributed by atoms with Gasteiger partial charge in [-0.3, -0.25) is 19.9 Å². The molecule has 0 fully saturated rings. The monoisotopic (exact) mass is 218 g/mol. The van der Waals surface area contributed by atoms with Crippen LogP contribution in [0, 0.1) is 10.1 Å². The smallest absolute Gasteiger partial charge is 0.294 e. The number of nitrogens with zero attached hydrogens (tertiary/aromatic N) is 2. The maximum atomic E-state index is 11.3. The molecule has 5 heteroatoms. The Labute approximate surface area is 92.0 Å². The normalized spacial score (nSPS) is 15.8. The van der Waals surface area contributed by atoms with Crippen LogP contribution in [0.25, 0.3) is 5.57 Å². The lowest BCUT2D eigenvalue weighted by molar-refractivity contribution is -0.385. The van der Waals surface area contributed by atoms with Crippen molar-refractivity contribution in [2.24, 2.45) is 0 Å². The molecular weight excluding hydrogens is 208 g/mol. The first-order chi connectivity index (χ1) is 7.68. The number of pyridine rings is 1. The zero-order valence-corrected chi connectivity index (χ0v) is 8.55. The largest absolute Gasteiger partial charge is 0.295 e. The first-order valence-electron chi connectivity index (χ1n) is 5.00. The van der Waals surface area contributed by atoms with E-state index in [1.807, 2.05) is 0 Å². The van der Waals surface area contributed by atoms with Gasteiger partial charge < -0.3 is 0 Å². The molecule has 0 atom stereocenters. The van der Waals surface area contributed by atoms with Crippen molar-refractivity contribution >= 4 is 17.0 Å². The van der Waals surface area contributed by atoms with Gasteiger partial charge in [0.25, 0.3) is 5.69 Å². The molecule has 0 amide bonds. The van der Waals surface area contributed by atoms with Gasteiger partial charge in [0.15, 0.2) is 5.78 Å². The minimum Gasteiger partial charge on any atom is -0.295 e. The summed E-state index contributed by atoms with van der Waals surface area (Å²) >= 11 is 0. The van der Waals surface area contributed by atoms with E-state index in [-0.39, 0.29) is 11.5 Å². The molecule has 0 aromatic carbocycles. The molecule has 0 saturated carbocycles. The van der Waals surface area contributed by atoms with E-state index in [4.69, 9.17) is 0 Å². The van der Waals surface area contributed by atoms with Gasteiger partial charge in [-0.05, 0) is 30.6 Å². The number of ketones is 1. The average molecular weight is 218 g/mol. The highest BCUT2D eigenvalue weighted by Crippen LogP contribution is 2.30. The van der Waals surface area contributed by atoms with Crippen molar-refractivity contribution in [1.82, 2.24) is 4.98 Å². The first kappa shape index (κ1) is 10.5. The minimum atomic E-state index is -0.470. The van der Waals surface area contributed by atoms with Gasteiger partial charge in [0, 0.05) is 12.6 Å². The molecule has 1 aliphatic carbocycles. The first-order valence-corrected chi connectivity index (χ1v) is 5.00. The van der Waals surface area contributed by atoms with E-state index in [0.29, 0.717) is 18.4 Å². The van der Waals surface area contributed by atoms with Crippen molar-refractivity contribution in [3.63, 3.8) is 0 Å². The number of nitro groups is 1. The zero-order chi connectivity index (χ0) is 11.5. The van der Waals surface area contributed by atoms with Crippen molar-refractivity contribution in [3.05, 3.63) is 40.2 Å². The number of hydrogen-bond donors (Lipinski definition) is 0. The lowest BCUT2D eigenvalue weighted by Crippen LogP contribution is -2.04. The maximum Gasteiger partial charge on any atom is 0.294 e. The van der Waals surface area contributed by atoms with Crippen LogP contribution in [0.3, 0.4) is 0 Å². The van der Waals surface area contributed by atoms with Crippen LogP contribution in [0.4, 0.5) is 5.69 Å². The average Bonchev–Trinajstić information content (AvgIpc) is 2.29. The fourth-order valence-electron chi connectivity index (χ4n) is 1.81. The second kappa shape index (κ2) is 4.22. The molecule has 16 heavy (non-hydrogen) atoms. The second-order valence-electron chi connectivity index (χ2n) is 3.64. The zero-order valence-electron chi connectivity index (χ0n) is 8.55. The van der Waals surface area contributed by atoms with Gasteiger partial charge in [0.05, 0.1) is 10.5 Å². The molecule has 0 unspecified atom stereocenters. The van der Waals surface area contributed by atoms with Crippen LogP contribution < -0.4 is 0 Å². The molecule has 0 aliphatic heterocycles. The molecule has 0 radical (unpaired) electrons. The predicted octanol–water partition coefficient (Wildman–Crippen LogP) is 2.13.